The van der Waals surface area contributed by atoms with Gasteiger partial charge in [-0.05, 0) is 30.5 Å². The van der Waals surface area contributed by atoms with Crippen LogP contribution in [0.5, 0.6) is 0 Å². The normalized spacial score (nSPS) is 17.5. The first-order chi connectivity index (χ1) is 9.07. The Labute approximate surface area is 123 Å². The number of benzene rings is 1. The Morgan fingerprint density at radius 1 is 1.37 bits per heavy atom. The molecule has 0 bridgehead atoms. The van der Waals surface area contributed by atoms with Gasteiger partial charge in [-0.3, -0.25) is 0 Å². The van der Waals surface area contributed by atoms with Gasteiger partial charge in [0.1, 0.15) is 0 Å². The second-order valence-electron chi connectivity index (χ2n) is 5.25. The molecule has 0 unspecified atom stereocenters. The lowest BCUT2D eigenvalue weighted by Crippen LogP contribution is -2.18. The van der Waals surface area contributed by atoms with E-state index in [1.54, 1.807) is 17.8 Å². The first kappa shape index (κ1) is 14.6. The number of carbonyl (C=O) groups excluding carboxylic acids is 1. The summed E-state index contributed by atoms with van der Waals surface area (Å²) in [5.41, 5.74) is 0.665. The second kappa shape index (κ2) is 6.13. The van der Waals surface area contributed by atoms with Gasteiger partial charge < -0.3 is 0 Å². The molecule has 0 amide bonds. The summed E-state index contributed by atoms with van der Waals surface area (Å²) in [6.07, 6.45) is 5.77. The molecule has 2 nitrogen and oxygen atoms in total. The summed E-state index contributed by atoms with van der Waals surface area (Å²) in [5, 5.41) is 1.25. The van der Waals surface area contributed by atoms with Gasteiger partial charge in [0.25, 0.3) is 0 Å². The Balaban J connectivity index is 2.35. The predicted octanol–water partition coefficient (Wildman–Crippen LogP) is 4.95. The minimum Gasteiger partial charge on any atom is -0.211 e. The first-order valence-corrected chi connectivity index (χ1v) is 7.89. The smallest absolute Gasteiger partial charge is 0.211 e. The van der Waals surface area contributed by atoms with Gasteiger partial charge in [0.05, 0.1) is 10.6 Å². The van der Waals surface area contributed by atoms with Crippen LogP contribution in [0.3, 0.4) is 0 Å². The number of aliphatic imine (C=N–C) groups is 1. The number of hydrogen-bond acceptors (Lipinski definition) is 3. The number of nitrogens with zero attached hydrogens (tertiary/aromatic N) is 1. The van der Waals surface area contributed by atoms with Crippen molar-refractivity contribution in [2.75, 3.05) is 0 Å². The lowest BCUT2D eigenvalue weighted by Gasteiger charge is -2.23. The molecule has 1 fully saturated rings. The van der Waals surface area contributed by atoms with Gasteiger partial charge >= 0.3 is 0 Å². The molecule has 2 rings (SSSR count). The van der Waals surface area contributed by atoms with Crippen molar-refractivity contribution in [3.63, 3.8) is 0 Å². The van der Waals surface area contributed by atoms with Gasteiger partial charge in [-0.15, -0.1) is 11.8 Å². The molecule has 1 aromatic carbocycles. The largest absolute Gasteiger partial charge is 0.235 e. The van der Waals surface area contributed by atoms with E-state index in [2.05, 4.69) is 24.9 Å². The summed E-state index contributed by atoms with van der Waals surface area (Å²) >= 11 is 8.10. The van der Waals surface area contributed by atoms with Crippen LogP contribution in [0, 0.1) is 0 Å². The third kappa shape index (κ3) is 3.22. The fourth-order valence-electron chi connectivity index (χ4n) is 2.65. The van der Waals surface area contributed by atoms with Crippen molar-refractivity contribution in [3.8, 4) is 0 Å². The molecule has 0 aliphatic heterocycles. The van der Waals surface area contributed by atoms with Gasteiger partial charge in [-0.25, -0.2) is 4.79 Å². The van der Waals surface area contributed by atoms with E-state index in [1.165, 1.54) is 0 Å². The maximum absolute atomic E-state index is 10.7. The molecule has 0 atom stereocenters. The Hall–Kier alpha value is -0.760. The van der Waals surface area contributed by atoms with Crippen LogP contribution < -0.4 is 0 Å². The number of halogens is 1. The summed E-state index contributed by atoms with van der Waals surface area (Å²) in [4.78, 5) is 15.9. The number of rotatable bonds is 4. The maximum atomic E-state index is 10.7. The SMILES string of the molecule is CC(C)Sc1ccc(C2(N=C=O)CCCC2)cc1Cl. The van der Waals surface area contributed by atoms with Gasteiger partial charge in [0, 0.05) is 10.1 Å². The van der Waals surface area contributed by atoms with Crippen molar-refractivity contribution in [1.82, 2.24) is 0 Å². The van der Waals surface area contributed by atoms with E-state index in [-0.39, 0.29) is 5.54 Å². The predicted molar refractivity (Wildman–Crippen MR) is 80.7 cm³/mol. The summed E-state index contributed by atoms with van der Waals surface area (Å²) < 4.78 is 0. The third-order valence-corrected chi connectivity index (χ3v) is 5.03. The van der Waals surface area contributed by atoms with E-state index in [1.807, 2.05) is 12.1 Å². The molecular formula is C15H18ClNOS. The molecule has 1 aromatic rings. The third-order valence-electron chi connectivity index (χ3n) is 3.52. The Morgan fingerprint density at radius 3 is 2.58 bits per heavy atom. The van der Waals surface area contributed by atoms with E-state index in [9.17, 15) is 4.79 Å². The molecule has 0 radical (unpaired) electrons. The van der Waals surface area contributed by atoms with E-state index in [0.717, 1.165) is 41.2 Å². The standard InChI is InChI=1S/C15H18ClNOS/c1-11(2)19-14-6-5-12(9-13(14)16)15(17-10-18)7-3-4-8-15/h5-6,9,11H,3-4,7-8H2,1-2H3. The van der Waals surface area contributed by atoms with Crippen LogP contribution in [0.25, 0.3) is 0 Å². The molecule has 0 spiro atoms. The zero-order valence-electron chi connectivity index (χ0n) is 11.3. The van der Waals surface area contributed by atoms with E-state index >= 15 is 0 Å². The van der Waals surface area contributed by atoms with E-state index in [4.69, 9.17) is 11.6 Å². The van der Waals surface area contributed by atoms with Crippen LogP contribution in [-0.2, 0) is 10.3 Å². The van der Waals surface area contributed by atoms with Crippen LogP contribution in [0.2, 0.25) is 5.02 Å². The Bertz CT molecular complexity index is 503. The van der Waals surface area contributed by atoms with Crippen LogP contribution >= 0.6 is 23.4 Å². The van der Waals surface area contributed by atoms with Gasteiger partial charge in [0.15, 0.2) is 0 Å². The summed E-state index contributed by atoms with van der Waals surface area (Å²) in [6.45, 7) is 4.29. The van der Waals surface area contributed by atoms with Gasteiger partial charge in [-0.1, -0.05) is 44.4 Å². The molecular weight excluding hydrogens is 278 g/mol. The first-order valence-electron chi connectivity index (χ1n) is 6.63. The van der Waals surface area contributed by atoms with Crippen molar-refractivity contribution in [2.24, 2.45) is 4.99 Å². The lowest BCUT2D eigenvalue weighted by molar-refractivity contribution is 0.455. The summed E-state index contributed by atoms with van der Waals surface area (Å²) in [6, 6.07) is 6.07. The van der Waals surface area contributed by atoms with Crippen LogP contribution in [0.1, 0.15) is 45.1 Å². The fraction of sp³-hybridized carbons (Fsp3) is 0.533. The van der Waals surface area contributed by atoms with E-state index in [0.29, 0.717) is 5.25 Å². The average Bonchev–Trinajstić information content (AvgIpc) is 2.81. The monoisotopic (exact) mass is 295 g/mol. The molecule has 1 aliphatic carbocycles. The molecule has 1 aliphatic rings. The van der Waals surface area contributed by atoms with Gasteiger partial charge in [0.2, 0.25) is 6.08 Å². The second-order valence-corrected chi connectivity index (χ2v) is 7.28. The molecule has 0 saturated heterocycles. The average molecular weight is 296 g/mol. The quantitative estimate of drug-likeness (QED) is 0.447. The van der Waals surface area contributed by atoms with Crippen LogP contribution in [-0.4, -0.2) is 11.3 Å². The number of thioether (sulfide) groups is 1. The highest BCUT2D eigenvalue weighted by atomic mass is 35.5. The van der Waals surface area contributed by atoms with E-state index < -0.39 is 0 Å². The lowest BCUT2D eigenvalue weighted by atomic mass is 9.89. The molecule has 0 N–H and O–H groups in total. The van der Waals surface area contributed by atoms with Crippen molar-refractivity contribution in [1.29, 1.82) is 0 Å². The minimum atomic E-state index is -0.383. The Kier molecular flexibility index (Phi) is 4.72. The highest BCUT2D eigenvalue weighted by Gasteiger charge is 2.35. The van der Waals surface area contributed by atoms with Crippen molar-refractivity contribution >= 4 is 29.4 Å². The molecule has 0 heterocycles. The zero-order valence-corrected chi connectivity index (χ0v) is 12.9. The number of isocyanates is 1. The van der Waals surface area contributed by atoms with Crippen molar-refractivity contribution in [3.05, 3.63) is 28.8 Å². The van der Waals surface area contributed by atoms with Crippen molar-refractivity contribution < 1.29 is 4.79 Å². The fourth-order valence-corrected chi connectivity index (χ4v) is 3.79. The molecule has 0 aromatic heterocycles. The topological polar surface area (TPSA) is 29.4 Å². The molecule has 102 valence electrons. The molecule has 1 saturated carbocycles. The van der Waals surface area contributed by atoms with Crippen LogP contribution in [0.4, 0.5) is 0 Å². The maximum Gasteiger partial charge on any atom is 0.235 e. The highest BCUT2D eigenvalue weighted by Crippen LogP contribution is 2.44. The van der Waals surface area contributed by atoms with Gasteiger partial charge in [-0.2, -0.15) is 4.99 Å². The molecule has 4 heteroatoms. The number of hydrogen-bond donors (Lipinski definition) is 0. The zero-order chi connectivity index (χ0) is 13.9. The van der Waals surface area contributed by atoms with Crippen molar-refractivity contribution in [2.45, 2.75) is 55.2 Å². The van der Waals surface area contributed by atoms with Crippen LogP contribution in [0.15, 0.2) is 28.1 Å². The Morgan fingerprint density at radius 2 is 2.05 bits per heavy atom. The minimum absolute atomic E-state index is 0.383. The molecule has 19 heavy (non-hydrogen) atoms. The highest BCUT2D eigenvalue weighted by molar-refractivity contribution is 8.00. The summed E-state index contributed by atoms with van der Waals surface area (Å²) in [7, 11) is 0. The summed E-state index contributed by atoms with van der Waals surface area (Å²) in [5.74, 6) is 0.